The Hall–Kier alpha value is -2.58. The van der Waals surface area contributed by atoms with Crippen molar-refractivity contribution in [3.8, 4) is 17.5 Å². The Kier molecular flexibility index (Phi) is 4.87. The molecule has 0 aliphatic rings. The average molecular weight is 311 g/mol. The summed E-state index contributed by atoms with van der Waals surface area (Å²) in [5, 5.41) is 13.3. The monoisotopic (exact) mass is 311 g/mol. The largest absolute Gasteiger partial charge is 0.480 e. The average Bonchev–Trinajstić information content (AvgIpc) is 2.93. The molecule has 0 unspecified atom stereocenters. The number of hydrogen-bond acceptors (Lipinski definition) is 3. The van der Waals surface area contributed by atoms with Crippen LogP contribution in [-0.2, 0) is 11.2 Å². The van der Waals surface area contributed by atoms with Crippen LogP contribution in [0.15, 0.2) is 36.7 Å². The molecule has 2 aromatic rings. The summed E-state index contributed by atoms with van der Waals surface area (Å²) < 4.78 is 1.70. The van der Waals surface area contributed by atoms with Crippen molar-refractivity contribution in [1.82, 2.24) is 9.78 Å². The highest BCUT2D eigenvalue weighted by Gasteiger charge is 2.15. The van der Waals surface area contributed by atoms with Crippen molar-refractivity contribution in [3.63, 3.8) is 0 Å². The van der Waals surface area contributed by atoms with Crippen LogP contribution in [0, 0.1) is 17.3 Å². The van der Waals surface area contributed by atoms with Gasteiger partial charge in [-0.3, -0.25) is 4.79 Å². The van der Waals surface area contributed by atoms with Crippen LogP contribution in [0.5, 0.6) is 0 Å². The summed E-state index contributed by atoms with van der Waals surface area (Å²) in [6, 6.07) is 6.55. The lowest BCUT2D eigenvalue weighted by Crippen LogP contribution is -2.32. The van der Waals surface area contributed by atoms with E-state index in [2.05, 4.69) is 16.9 Å². The van der Waals surface area contributed by atoms with Crippen molar-refractivity contribution in [2.75, 3.05) is 0 Å². The Morgan fingerprint density at radius 2 is 2.09 bits per heavy atom. The number of para-hydroxylation sites is 1. The molecule has 1 atom stereocenters. The number of hydrogen-bond donors (Lipinski definition) is 2. The maximum Gasteiger partial charge on any atom is 0.320 e. The molecule has 0 bridgehead atoms. The molecule has 1 aromatic heterocycles. The van der Waals surface area contributed by atoms with Crippen LogP contribution in [0.1, 0.15) is 31.9 Å². The molecule has 0 radical (unpaired) electrons. The number of rotatable bonds is 4. The van der Waals surface area contributed by atoms with Gasteiger partial charge in [0.1, 0.15) is 6.04 Å². The van der Waals surface area contributed by atoms with E-state index in [0.717, 1.165) is 16.8 Å². The highest BCUT2D eigenvalue weighted by Crippen LogP contribution is 2.16. The first-order valence-corrected chi connectivity index (χ1v) is 7.41. The summed E-state index contributed by atoms with van der Waals surface area (Å²) in [5.74, 6) is 5.25. The molecule has 0 aliphatic heterocycles. The van der Waals surface area contributed by atoms with Crippen molar-refractivity contribution >= 4 is 5.97 Å². The first-order chi connectivity index (χ1) is 10.8. The second-order valence-electron chi connectivity index (χ2n) is 6.45. The second-order valence-corrected chi connectivity index (χ2v) is 6.45. The maximum absolute atomic E-state index is 11.0. The number of aliphatic carboxylic acids is 1. The molecule has 0 saturated carbocycles. The van der Waals surface area contributed by atoms with Gasteiger partial charge in [-0.2, -0.15) is 5.10 Å². The summed E-state index contributed by atoms with van der Waals surface area (Å²) in [5.41, 5.74) is 8.03. The summed E-state index contributed by atoms with van der Waals surface area (Å²) in [4.78, 5) is 11.0. The lowest BCUT2D eigenvalue weighted by atomic mass is 9.98. The Morgan fingerprint density at radius 3 is 2.74 bits per heavy atom. The molecule has 0 saturated heterocycles. The molecule has 23 heavy (non-hydrogen) atoms. The molecule has 0 fully saturated rings. The van der Waals surface area contributed by atoms with Crippen molar-refractivity contribution in [3.05, 3.63) is 47.8 Å². The smallest absolute Gasteiger partial charge is 0.320 e. The molecule has 3 N–H and O–H groups in total. The number of benzene rings is 1. The van der Waals surface area contributed by atoms with Gasteiger partial charge in [0.25, 0.3) is 0 Å². The van der Waals surface area contributed by atoms with Crippen LogP contribution in [0.4, 0.5) is 0 Å². The fourth-order valence-corrected chi connectivity index (χ4v) is 2.01. The Morgan fingerprint density at radius 1 is 1.39 bits per heavy atom. The van der Waals surface area contributed by atoms with Gasteiger partial charge < -0.3 is 10.8 Å². The van der Waals surface area contributed by atoms with E-state index in [1.54, 1.807) is 10.9 Å². The fraction of sp³-hybridized carbons (Fsp3) is 0.333. The number of carboxylic acids is 1. The summed E-state index contributed by atoms with van der Waals surface area (Å²) in [7, 11) is 0. The zero-order valence-corrected chi connectivity index (χ0v) is 13.6. The summed E-state index contributed by atoms with van der Waals surface area (Å²) in [6.45, 7) is 6.15. The summed E-state index contributed by atoms with van der Waals surface area (Å²) in [6.07, 6.45) is 3.78. The lowest BCUT2D eigenvalue weighted by Gasteiger charge is -2.11. The Balaban J connectivity index is 2.31. The van der Waals surface area contributed by atoms with Gasteiger partial charge in [0.05, 0.1) is 17.4 Å². The molecule has 2 rings (SSSR count). The maximum atomic E-state index is 11.0. The number of nitrogens with two attached hydrogens (primary N) is 1. The van der Waals surface area contributed by atoms with E-state index in [-0.39, 0.29) is 11.8 Å². The van der Waals surface area contributed by atoms with Gasteiger partial charge in [0, 0.05) is 18.0 Å². The van der Waals surface area contributed by atoms with E-state index >= 15 is 0 Å². The minimum absolute atomic E-state index is 0.0751. The van der Waals surface area contributed by atoms with Crippen LogP contribution in [0.3, 0.4) is 0 Å². The van der Waals surface area contributed by atoms with E-state index < -0.39 is 12.0 Å². The molecule has 0 spiro atoms. The van der Waals surface area contributed by atoms with Crippen LogP contribution < -0.4 is 5.73 Å². The number of carbonyl (C=O) groups is 1. The van der Waals surface area contributed by atoms with Crippen LogP contribution in [0.2, 0.25) is 0 Å². The standard InChI is InChI=1S/C18H21N3O2/c1-18(2,3)9-8-13-11-20-21(12-13)16-7-5-4-6-14(16)10-15(19)17(22)23/h4-7,11-12,15H,10,19H2,1-3H3,(H,22,23)/t15-/m0/s1. The van der Waals surface area contributed by atoms with Crippen LogP contribution in [-0.4, -0.2) is 26.9 Å². The van der Waals surface area contributed by atoms with Gasteiger partial charge in [-0.25, -0.2) is 4.68 Å². The molecule has 5 nitrogen and oxygen atoms in total. The number of carboxylic acid groups (broad SMARTS) is 1. The third-order valence-electron chi connectivity index (χ3n) is 3.16. The summed E-state index contributed by atoms with van der Waals surface area (Å²) >= 11 is 0. The van der Waals surface area contributed by atoms with Crippen molar-refractivity contribution < 1.29 is 9.90 Å². The van der Waals surface area contributed by atoms with E-state index in [9.17, 15) is 4.79 Å². The minimum atomic E-state index is -1.02. The minimum Gasteiger partial charge on any atom is -0.480 e. The molecule has 1 heterocycles. The van der Waals surface area contributed by atoms with Crippen molar-refractivity contribution in [1.29, 1.82) is 0 Å². The lowest BCUT2D eigenvalue weighted by molar-refractivity contribution is -0.138. The molecular weight excluding hydrogens is 290 g/mol. The van der Waals surface area contributed by atoms with Crippen molar-refractivity contribution in [2.45, 2.75) is 33.2 Å². The molecule has 0 aliphatic carbocycles. The number of aromatic nitrogens is 2. The molecule has 1 aromatic carbocycles. The van der Waals surface area contributed by atoms with E-state index in [0.29, 0.717) is 0 Å². The van der Waals surface area contributed by atoms with E-state index in [1.807, 2.05) is 51.2 Å². The fourth-order valence-electron chi connectivity index (χ4n) is 2.01. The predicted molar refractivity (Wildman–Crippen MR) is 89.2 cm³/mol. The van der Waals surface area contributed by atoms with Gasteiger partial charge >= 0.3 is 5.97 Å². The zero-order chi connectivity index (χ0) is 17.0. The van der Waals surface area contributed by atoms with Crippen LogP contribution >= 0.6 is 0 Å². The SMILES string of the molecule is CC(C)(C)C#Cc1cnn(-c2ccccc2C[C@H](N)C(=O)O)c1. The molecule has 120 valence electrons. The second kappa shape index (κ2) is 6.67. The van der Waals surface area contributed by atoms with Gasteiger partial charge in [0.2, 0.25) is 0 Å². The molecular formula is C18H21N3O2. The van der Waals surface area contributed by atoms with E-state index in [1.165, 1.54) is 0 Å². The number of nitrogens with zero attached hydrogens (tertiary/aromatic N) is 2. The van der Waals surface area contributed by atoms with Gasteiger partial charge in [0.15, 0.2) is 0 Å². The first-order valence-electron chi connectivity index (χ1n) is 7.41. The normalized spacial score (nSPS) is 12.3. The molecule has 0 amide bonds. The highest BCUT2D eigenvalue weighted by atomic mass is 16.4. The van der Waals surface area contributed by atoms with Gasteiger partial charge in [-0.1, -0.05) is 30.0 Å². The van der Waals surface area contributed by atoms with Gasteiger partial charge in [-0.05, 0) is 32.4 Å². The van der Waals surface area contributed by atoms with Crippen molar-refractivity contribution in [2.24, 2.45) is 11.1 Å². The van der Waals surface area contributed by atoms with E-state index in [4.69, 9.17) is 10.8 Å². The zero-order valence-electron chi connectivity index (χ0n) is 13.6. The predicted octanol–water partition coefficient (Wildman–Crippen LogP) is 2.22. The Bertz CT molecular complexity index is 760. The quantitative estimate of drug-likeness (QED) is 0.848. The topological polar surface area (TPSA) is 81.1 Å². The Labute approximate surface area is 136 Å². The van der Waals surface area contributed by atoms with Gasteiger partial charge in [-0.15, -0.1) is 0 Å². The first kappa shape index (κ1) is 16.8. The highest BCUT2D eigenvalue weighted by molar-refractivity contribution is 5.73. The third kappa shape index (κ3) is 4.70. The molecule has 5 heteroatoms. The van der Waals surface area contributed by atoms with Crippen LogP contribution in [0.25, 0.3) is 5.69 Å². The third-order valence-corrected chi connectivity index (χ3v) is 3.16.